The van der Waals surface area contributed by atoms with Crippen LogP contribution in [0.3, 0.4) is 0 Å². The fourth-order valence-electron chi connectivity index (χ4n) is 3.09. The molecule has 1 saturated heterocycles. The van der Waals surface area contributed by atoms with Gasteiger partial charge in [0.15, 0.2) is 0 Å². The average molecular weight is 405 g/mol. The van der Waals surface area contributed by atoms with Crippen LogP contribution in [0.1, 0.15) is 37.3 Å². The minimum Gasteiger partial charge on any atom is -0.344 e. The molecule has 0 radical (unpaired) electrons. The molecular formula is C18H30ClFN4OS. The lowest BCUT2D eigenvalue weighted by molar-refractivity contribution is -0.131. The SMILES string of the molecule is CSCC[C@H](N)C(=O)N(C)CCCC1CC(c2cccc(F)c2)NN1.Cl. The van der Waals surface area contributed by atoms with Crippen LogP contribution < -0.4 is 16.6 Å². The van der Waals surface area contributed by atoms with Gasteiger partial charge in [0, 0.05) is 25.7 Å². The van der Waals surface area contributed by atoms with Gasteiger partial charge in [-0.05, 0) is 55.4 Å². The van der Waals surface area contributed by atoms with E-state index in [2.05, 4.69) is 10.9 Å². The molecule has 4 N–H and O–H groups in total. The molecular weight excluding hydrogens is 375 g/mol. The molecule has 1 fully saturated rings. The first-order chi connectivity index (χ1) is 12.0. The summed E-state index contributed by atoms with van der Waals surface area (Å²) < 4.78 is 13.3. The lowest BCUT2D eigenvalue weighted by atomic mass is 9.99. The zero-order valence-electron chi connectivity index (χ0n) is 15.4. The molecule has 2 unspecified atom stereocenters. The van der Waals surface area contributed by atoms with Crippen molar-refractivity contribution in [3.05, 3.63) is 35.6 Å². The van der Waals surface area contributed by atoms with E-state index in [1.807, 2.05) is 19.4 Å². The van der Waals surface area contributed by atoms with Gasteiger partial charge in [-0.1, -0.05) is 12.1 Å². The number of hydrogen-bond acceptors (Lipinski definition) is 5. The number of hydrogen-bond donors (Lipinski definition) is 3. The number of nitrogens with two attached hydrogens (primary N) is 1. The zero-order chi connectivity index (χ0) is 18.2. The molecule has 26 heavy (non-hydrogen) atoms. The van der Waals surface area contributed by atoms with Crippen LogP contribution in [0, 0.1) is 5.82 Å². The molecule has 3 atom stereocenters. The predicted octanol–water partition coefficient (Wildman–Crippen LogP) is 2.47. The lowest BCUT2D eigenvalue weighted by Gasteiger charge is -2.21. The molecule has 1 aliphatic rings. The van der Waals surface area contributed by atoms with Crippen molar-refractivity contribution in [3.63, 3.8) is 0 Å². The number of amides is 1. The number of nitrogens with one attached hydrogen (secondary N) is 2. The van der Waals surface area contributed by atoms with E-state index in [0.29, 0.717) is 19.0 Å². The molecule has 1 aromatic rings. The highest BCUT2D eigenvalue weighted by atomic mass is 35.5. The number of benzene rings is 1. The van der Waals surface area contributed by atoms with E-state index < -0.39 is 6.04 Å². The number of rotatable bonds is 9. The minimum atomic E-state index is -0.402. The summed E-state index contributed by atoms with van der Waals surface area (Å²) in [5.41, 5.74) is 13.4. The zero-order valence-corrected chi connectivity index (χ0v) is 17.0. The maximum atomic E-state index is 13.3. The normalized spacial score (nSPS) is 20.5. The van der Waals surface area contributed by atoms with Gasteiger partial charge >= 0.3 is 0 Å². The number of hydrazine groups is 1. The minimum absolute atomic E-state index is 0. The summed E-state index contributed by atoms with van der Waals surface area (Å²) in [7, 11) is 1.82. The Balaban J connectivity index is 0.00000338. The predicted molar refractivity (Wildman–Crippen MR) is 109 cm³/mol. The molecule has 0 aliphatic carbocycles. The Morgan fingerprint density at radius 3 is 2.92 bits per heavy atom. The first-order valence-corrected chi connectivity index (χ1v) is 10.2. The first-order valence-electron chi connectivity index (χ1n) is 8.77. The fourth-order valence-corrected chi connectivity index (χ4v) is 3.58. The van der Waals surface area contributed by atoms with Crippen LogP contribution >= 0.6 is 24.2 Å². The number of thioether (sulfide) groups is 1. The monoisotopic (exact) mass is 404 g/mol. The van der Waals surface area contributed by atoms with Gasteiger partial charge in [0.25, 0.3) is 0 Å². The highest BCUT2D eigenvalue weighted by Gasteiger charge is 2.25. The third-order valence-electron chi connectivity index (χ3n) is 4.61. The van der Waals surface area contributed by atoms with Gasteiger partial charge < -0.3 is 10.6 Å². The third kappa shape index (κ3) is 7.04. The van der Waals surface area contributed by atoms with Gasteiger partial charge in [-0.25, -0.2) is 4.39 Å². The third-order valence-corrected chi connectivity index (χ3v) is 5.25. The van der Waals surface area contributed by atoms with Gasteiger partial charge in [0.2, 0.25) is 5.91 Å². The molecule has 8 heteroatoms. The number of carbonyl (C=O) groups excluding carboxylic acids is 1. The summed E-state index contributed by atoms with van der Waals surface area (Å²) >= 11 is 1.70. The Hall–Kier alpha value is -0.860. The van der Waals surface area contributed by atoms with Crippen molar-refractivity contribution in [2.45, 2.75) is 43.8 Å². The second-order valence-electron chi connectivity index (χ2n) is 6.62. The number of carbonyl (C=O) groups is 1. The summed E-state index contributed by atoms with van der Waals surface area (Å²) in [6.45, 7) is 0.703. The standard InChI is InChI=1S/C18H29FN4OS.ClH/c1-23(18(24)16(20)8-10-25-2)9-4-7-15-12-17(22-21-15)13-5-3-6-14(19)11-13;/h3,5-6,11,15-17,21-22H,4,7-10,12,20H2,1-2H3;1H/t15?,16-,17?;/m0./s1. The number of likely N-dealkylation sites (N-methyl/N-ethyl adjacent to an activating group) is 1. The van der Waals surface area contributed by atoms with E-state index in [-0.39, 0.29) is 30.2 Å². The van der Waals surface area contributed by atoms with Crippen molar-refractivity contribution in [2.24, 2.45) is 5.73 Å². The molecule has 1 aliphatic heterocycles. The summed E-state index contributed by atoms with van der Waals surface area (Å²) in [4.78, 5) is 13.9. The highest BCUT2D eigenvalue weighted by molar-refractivity contribution is 7.98. The van der Waals surface area contributed by atoms with E-state index in [4.69, 9.17) is 5.73 Å². The highest BCUT2D eigenvalue weighted by Crippen LogP contribution is 2.24. The van der Waals surface area contributed by atoms with Crippen LogP contribution in [-0.2, 0) is 4.79 Å². The van der Waals surface area contributed by atoms with E-state index in [1.54, 1.807) is 28.8 Å². The molecule has 148 valence electrons. The van der Waals surface area contributed by atoms with Crippen LogP contribution in [-0.4, -0.2) is 48.5 Å². The summed E-state index contributed by atoms with van der Waals surface area (Å²) in [6, 6.07) is 6.75. The molecule has 0 aromatic heterocycles. The second-order valence-corrected chi connectivity index (χ2v) is 7.60. The molecule has 1 aromatic carbocycles. The van der Waals surface area contributed by atoms with Crippen LogP contribution in [0.5, 0.6) is 0 Å². The Morgan fingerprint density at radius 1 is 1.46 bits per heavy atom. The summed E-state index contributed by atoms with van der Waals surface area (Å²) in [5, 5.41) is 0. The maximum Gasteiger partial charge on any atom is 0.239 e. The smallest absolute Gasteiger partial charge is 0.239 e. The average Bonchev–Trinajstić information content (AvgIpc) is 3.07. The molecule has 1 heterocycles. The molecule has 0 spiro atoms. The van der Waals surface area contributed by atoms with Crippen molar-refractivity contribution in [1.82, 2.24) is 15.8 Å². The van der Waals surface area contributed by atoms with Crippen molar-refractivity contribution >= 4 is 30.1 Å². The van der Waals surface area contributed by atoms with Crippen LogP contribution in [0.4, 0.5) is 4.39 Å². The Labute approximate surface area is 166 Å². The van der Waals surface area contributed by atoms with Crippen LogP contribution in [0.15, 0.2) is 24.3 Å². The Bertz CT molecular complexity index is 566. The van der Waals surface area contributed by atoms with Gasteiger partial charge in [-0.3, -0.25) is 15.6 Å². The van der Waals surface area contributed by atoms with Crippen molar-refractivity contribution in [1.29, 1.82) is 0 Å². The van der Waals surface area contributed by atoms with Crippen molar-refractivity contribution in [2.75, 3.05) is 25.6 Å². The second kappa shape index (κ2) is 11.8. The molecule has 5 nitrogen and oxygen atoms in total. The molecule has 0 saturated carbocycles. The molecule has 2 rings (SSSR count). The summed E-state index contributed by atoms with van der Waals surface area (Å²) in [6.07, 6.45) is 5.51. The fraction of sp³-hybridized carbons (Fsp3) is 0.611. The van der Waals surface area contributed by atoms with Gasteiger partial charge in [0.05, 0.1) is 6.04 Å². The maximum absolute atomic E-state index is 13.3. The van der Waals surface area contributed by atoms with Crippen LogP contribution in [0.2, 0.25) is 0 Å². The van der Waals surface area contributed by atoms with Crippen LogP contribution in [0.25, 0.3) is 0 Å². The largest absolute Gasteiger partial charge is 0.344 e. The van der Waals surface area contributed by atoms with E-state index in [0.717, 1.165) is 30.6 Å². The summed E-state index contributed by atoms with van der Waals surface area (Å²) in [5.74, 6) is 0.713. The van der Waals surface area contributed by atoms with Crippen molar-refractivity contribution < 1.29 is 9.18 Å². The Kier molecular flexibility index (Phi) is 10.5. The van der Waals surface area contributed by atoms with E-state index >= 15 is 0 Å². The van der Waals surface area contributed by atoms with Gasteiger partial charge in [-0.2, -0.15) is 11.8 Å². The molecule has 1 amide bonds. The molecule has 0 bridgehead atoms. The van der Waals surface area contributed by atoms with Gasteiger partial charge in [-0.15, -0.1) is 12.4 Å². The topological polar surface area (TPSA) is 70.4 Å². The number of halogens is 2. The van der Waals surface area contributed by atoms with Crippen molar-refractivity contribution in [3.8, 4) is 0 Å². The van der Waals surface area contributed by atoms with Gasteiger partial charge in [0.1, 0.15) is 5.82 Å². The quantitative estimate of drug-likeness (QED) is 0.589. The lowest BCUT2D eigenvalue weighted by Crippen LogP contribution is -2.42. The Morgan fingerprint density at radius 2 is 2.23 bits per heavy atom. The van der Waals surface area contributed by atoms with E-state index in [9.17, 15) is 9.18 Å². The number of nitrogens with zero attached hydrogens (tertiary/aromatic N) is 1. The van der Waals surface area contributed by atoms with E-state index in [1.165, 1.54) is 6.07 Å². The first kappa shape index (κ1) is 23.2.